The topological polar surface area (TPSA) is 235 Å². The van der Waals surface area contributed by atoms with Crippen molar-refractivity contribution in [3.05, 3.63) is 256 Å². The Hall–Kier alpha value is -12.5. The molecule has 20 nitrogen and oxygen atoms in total. The normalized spacial score (nSPS) is 11.9. The second kappa shape index (κ2) is 24.9. The number of hydrogen-bond donors (Lipinski definition) is 2. The molecule has 2 amide bonds. The molecular weight excluding hydrogens is 1060 g/mol. The number of terminal acetylenes is 1. The van der Waals surface area contributed by atoms with E-state index in [-0.39, 0.29) is 28.4 Å². The third kappa shape index (κ3) is 12.8. The van der Waals surface area contributed by atoms with Gasteiger partial charge < -0.3 is 11.1 Å². The molecule has 0 fully saturated rings. The number of benzene rings is 4. The lowest BCUT2D eigenvalue weighted by Gasteiger charge is -2.22. The number of fused-ring (bicyclic) bond motifs is 4. The van der Waals surface area contributed by atoms with Crippen molar-refractivity contribution in [3.63, 3.8) is 0 Å². The lowest BCUT2D eigenvalue weighted by Crippen LogP contribution is -2.31. The molecule has 1 unspecified atom stereocenters. The van der Waals surface area contributed by atoms with Crippen LogP contribution in [0.15, 0.2) is 188 Å². The smallest absolute Gasteiger partial charge is 0.342 e. The molecule has 12 aromatic rings. The number of amides is 2. The van der Waals surface area contributed by atoms with Crippen molar-refractivity contribution in [3.8, 4) is 47.9 Å². The van der Waals surface area contributed by atoms with Gasteiger partial charge >= 0.3 is 6.03 Å². The molecule has 0 saturated heterocycles. The zero-order chi connectivity index (χ0) is 57.7. The van der Waals surface area contributed by atoms with E-state index in [9.17, 15) is 28.1 Å². The number of rotatable bonds is 3. The van der Waals surface area contributed by atoms with Crippen LogP contribution in [-0.4, -0.2) is 80.6 Å². The van der Waals surface area contributed by atoms with Crippen molar-refractivity contribution in [2.45, 2.75) is 12.5 Å². The molecule has 1 aliphatic rings. The van der Waals surface area contributed by atoms with Gasteiger partial charge in [-0.05, 0) is 120 Å². The third-order valence-corrected chi connectivity index (χ3v) is 11.8. The monoisotopic (exact) mass is 1100 g/mol. The molecule has 0 bridgehead atoms. The SMILES string of the molecule is C#Cc1cnc2cccnn12.Nc1ccc(F)c(C#Cc2cnc3cccnn23)c1.O=C(Nc1ccc(F)c(C#Cc2cnc3cccnn23)c1)N1N=CCC1c1ccccc1.O=[N+]([O-])c1ccc(F)c(C#Cc2cnc3cccnn23)c1. The Morgan fingerprint density at radius 1 is 0.566 bits per heavy atom. The summed E-state index contributed by atoms with van der Waals surface area (Å²) >= 11 is 0. The summed E-state index contributed by atoms with van der Waals surface area (Å²) in [6, 6.07) is 35.2. The van der Waals surface area contributed by atoms with E-state index < -0.39 is 28.4 Å². The highest BCUT2D eigenvalue weighted by molar-refractivity contribution is 5.91. The number of nitro groups is 1. The zero-order valence-corrected chi connectivity index (χ0v) is 42.9. The van der Waals surface area contributed by atoms with Crippen LogP contribution in [0.4, 0.5) is 35.0 Å². The maximum Gasteiger partial charge on any atom is 0.342 e. The Morgan fingerprint density at radius 3 is 1.51 bits per heavy atom. The predicted molar refractivity (Wildman–Crippen MR) is 301 cm³/mol. The van der Waals surface area contributed by atoms with Crippen molar-refractivity contribution >= 4 is 51.9 Å². The maximum absolute atomic E-state index is 14.3. The molecule has 1 aliphatic heterocycles. The van der Waals surface area contributed by atoms with Crippen molar-refractivity contribution in [1.29, 1.82) is 0 Å². The van der Waals surface area contributed by atoms with Crippen molar-refractivity contribution in [1.82, 2.24) is 63.4 Å². The number of hydrogen-bond acceptors (Lipinski definition) is 13. The number of nitrogens with one attached hydrogen (secondary N) is 1. The predicted octanol–water partition coefficient (Wildman–Crippen LogP) is 8.97. The van der Waals surface area contributed by atoms with Crippen LogP contribution in [-0.2, 0) is 0 Å². The Bertz CT molecular complexity index is 4670. The summed E-state index contributed by atoms with van der Waals surface area (Å²) in [6.07, 6.45) is 20.4. The summed E-state index contributed by atoms with van der Waals surface area (Å²) in [7, 11) is 0. The summed E-state index contributed by atoms with van der Waals surface area (Å²) in [5, 5.41) is 35.5. The largest absolute Gasteiger partial charge is 0.399 e. The number of nitrogen functional groups attached to an aromatic ring is 1. The fourth-order valence-electron chi connectivity index (χ4n) is 7.87. The number of urea groups is 1. The minimum Gasteiger partial charge on any atom is -0.399 e. The Balaban J connectivity index is 0.000000131. The summed E-state index contributed by atoms with van der Waals surface area (Å²) in [5.41, 5.74) is 12.7. The van der Waals surface area contributed by atoms with Crippen molar-refractivity contribution in [2.75, 3.05) is 11.1 Å². The average molecular weight is 1100 g/mol. The van der Waals surface area contributed by atoms with E-state index in [4.69, 9.17) is 12.2 Å². The Morgan fingerprint density at radius 2 is 1.01 bits per heavy atom. The van der Waals surface area contributed by atoms with E-state index in [1.807, 2.05) is 48.5 Å². The van der Waals surface area contributed by atoms with Gasteiger partial charge in [0.1, 0.15) is 40.2 Å². The number of hydrazone groups is 1. The van der Waals surface area contributed by atoms with Gasteiger partial charge in [-0.3, -0.25) is 10.1 Å². The van der Waals surface area contributed by atoms with Gasteiger partial charge in [-0.1, -0.05) is 48.1 Å². The highest BCUT2D eigenvalue weighted by Gasteiger charge is 2.28. The highest BCUT2D eigenvalue weighted by Crippen LogP contribution is 2.29. The lowest BCUT2D eigenvalue weighted by molar-refractivity contribution is -0.384. The molecule has 8 aromatic heterocycles. The van der Waals surface area contributed by atoms with E-state index in [1.165, 1.54) is 52.1 Å². The first-order chi connectivity index (χ1) is 40.5. The first kappa shape index (κ1) is 53.9. The van der Waals surface area contributed by atoms with Gasteiger partial charge in [0.2, 0.25) is 0 Å². The average Bonchev–Trinajstić information content (AvgIpc) is 4.53. The lowest BCUT2D eigenvalue weighted by atomic mass is 10.1. The van der Waals surface area contributed by atoms with Crippen LogP contribution >= 0.6 is 0 Å². The van der Waals surface area contributed by atoms with Gasteiger partial charge in [-0.25, -0.2) is 61.0 Å². The molecule has 0 aliphatic carbocycles. The van der Waals surface area contributed by atoms with E-state index in [0.29, 0.717) is 57.5 Å². The highest BCUT2D eigenvalue weighted by atomic mass is 19.1. The van der Waals surface area contributed by atoms with Gasteiger partial charge in [0.05, 0.1) is 52.4 Å². The van der Waals surface area contributed by atoms with Crippen LogP contribution in [0.2, 0.25) is 0 Å². The molecule has 0 saturated carbocycles. The Kier molecular flexibility index (Phi) is 16.2. The maximum atomic E-state index is 14.3. The van der Waals surface area contributed by atoms with Gasteiger partial charge in [-0.2, -0.15) is 25.5 Å². The molecule has 9 heterocycles. The molecule has 1 atom stereocenters. The quantitative estimate of drug-likeness (QED) is 0.0730. The molecule has 0 spiro atoms. The van der Waals surface area contributed by atoms with Gasteiger partial charge in [-0.15, -0.1) is 6.42 Å². The van der Waals surface area contributed by atoms with Crippen LogP contribution in [0, 0.1) is 75.4 Å². The summed E-state index contributed by atoms with van der Waals surface area (Å²) in [6.45, 7) is 0. The summed E-state index contributed by atoms with van der Waals surface area (Å²) in [5.74, 6) is 17.6. The van der Waals surface area contributed by atoms with Crippen molar-refractivity contribution < 1.29 is 22.9 Å². The minimum atomic E-state index is -0.616. The number of non-ortho nitro benzene ring substituents is 1. The minimum absolute atomic E-state index is 0.0462. The number of nitrogens with zero attached hydrogens (tertiary/aromatic N) is 15. The summed E-state index contributed by atoms with van der Waals surface area (Å²) < 4.78 is 47.8. The first-order valence-electron chi connectivity index (χ1n) is 24.6. The fourth-order valence-corrected chi connectivity index (χ4v) is 7.87. The van der Waals surface area contributed by atoms with Gasteiger partial charge in [0.15, 0.2) is 22.6 Å². The number of aromatic nitrogens is 12. The number of carbonyl (C=O) groups excluding carboxylic acids is 1. The molecule has 4 aromatic carbocycles. The fraction of sp³-hybridized carbons (Fsp3) is 0.0333. The number of anilines is 2. The molecule has 3 N–H and O–H groups in total. The van der Waals surface area contributed by atoms with E-state index in [2.05, 4.69) is 92.2 Å². The second-order valence-corrected chi connectivity index (χ2v) is 17.2. The summed E-state index contributed by atoms with van der Waals surface area (Å²) in [4.78, 5) is 39.4. The van der Waals surface area contributed by atoms with Crippen LogP contribution < -0.4 is 11.1 Å². The molecule has 402 valence electrons. The number of carbonyl (C=O) groups is 1. The number of nitrogens with two attached hydrogens (primary N) is 1. The van der Waals surface area contributed by atoms with E-state index in [0.717, 1.165) is 29.4 Å². The van der Waals surface area contributed by atoms with Gasteiger partial charge in [0.25, 0.3) is 5.69 Å². The Labute approximate surface area is 468 Å². The van der Waals surface area contributed by atoms with Crippen LogP contribution in [0.3, 0.4) is 0 Å². The molecule has 13 rings (SSSR count). The molecule has 83 heavy (non-hydrogen) atoms. The van der Waals surface area contributed by atoms with Crippen molar-refractivity contribution in [2.24, 2.45) is 5.10 Å². The zero-order valence-electron chi connectivity index (χ0n) is 42.9. The molecule has 23 heteroatoms. The first-order valence-corrected chi connectivity index (χ1v) is 24.6. The second-order valence-electron chi connectivity index (χ2n) is 17.2. The van der Waals surface area contributed by atoms with Crippen LogP contribution in [0.5, 0.6) is 0 Å². The number of nitro benzene ring substituents is 1. The van der Waals surface area contributed by atoms with E-state index >= 15 is 0 Å². The number of halogens is 3. The molecular formula is C60H38F3N17O3. The molecule has 0 radical (unpaired) electrons. The van der Waals surface area contributed by atoms with E-state index in [1.54, 1.807) is 93.5 Å². The third-order valence-electron chi connectivity index (χ3n) is 11.8. The van der Waals surface area contributed by atoms with Crippen LogP contribution in [0.25, 0.3) is 22.6 Å². The van der Waals surface area contributed by atoms with Crippen LogP contribution in [0.1, 0.15) is 57.5 Å². The van der Waals surface area contributed by atoms with Gasteiger partial charge in [0, 0.05) is 60.9 Å². The number of imidazole rings is 4. The standard InChI is InChI=1S/C24H17FN6O.C14H7FN4O2.C14H9FN4.C8H5N3/c25-21-11-9-19(15-18(21)8-10-20-16-26-23-7-4-13-27-30(20)23)29-24(32)31-22(12-14-28-31)17-5-2-1-3-6-17;15-13-6-5-11(19(20)21)8-10(13)3-4-12-9-16-14-2-1-7-17-18(12)14;15-13-6-4-11(16)8-10(13)3-5-12-9-17-14-2-1-7-18-19(12)14;1-2-7-6-9-8-4-3-5-10-11(7)8/h1-7,9,11,13-16,22H,12H2,(H,29,32);1-2,5-9H;1-2,4,6-9H,16H2;1,3-6H.